The zero-order chi connectivity index (χ0) is 12.8. The number of carbonyl (C=O) groups is 2. The van der Waals surface area contributed by atoms with E-state index >= 15 is 0 Å². The van der Waals surface area contributed by atoms with E-state index in [1.54, 1.807) is 32.0 Å². The van der Waals surface area contributed by atoms with Crippen LogP contribution in [0.4, 0.5) is 5.69 Å². The van der Waals surface area contributed by atoms with Crippen LogP contribution >= 0.6 is 0 Å². The standard InChI is InChI=1S/C12H16N2O3/c1-3-14-10(15)7-17-12(16)11-8(2)5-4-6-9(11)13/h4-6H,3,7,13H2,1-2H3,(H,14,15). The Hall–Kier alpha value is -2.04. The molecule has 1 aromatic rings. The molecular formula is C12H16N2O3. The minimum atomic E-state index is -0.577. The highest BCUT2D eigenvalue weighted by molar-refractivity contribution is 5.97. The lowest BCUT2D eigenvalue weighted by Crippen LogP contribution is -2.28. The molecule has 5 nitrogen and oxygen atoms in total. The molecule has 17 heavy (non-hydrogen) atoms. The summed E-state index contributed by atoms with van der Waals surface area (Å²) >= 11 is 0. The molecule has 0 aliphatic carbocycles. The fraction of sp³-hybridized carbons (Fsp3) is 0.333. The highest BCUT2D eigenvalue weighted by Crippen LogP contribution is 2.17. The van der Waals surface area contributed by atoms with Crippen LogP contribution in [0.5, 0.6) is 0 Å². The topological polar surface area (TPSA) is 81.4 Å². The van der Waals surface area contributed by atoms with Gasteiger partial charge in [0.2, 0.25) is 0 Å². The van der Waals surface area contributed by atoms with Gasteiger partial charge < -0.3 is 15.8 Å². The summed E-state index contributed by atoms with van der Waals surface area (Å²) in [7, 11) is 0. The number of rotatable bonds is 4. The van der Waals surface area contributed by atoms with Crippen LogP contribution in [0.2, 0.25) is 0 Å². The molecule has 3 N–H and O–H groups in total. The van der Waals surface area contributed by atoms with Gasteiger partial charge in [0.1, 0.15) is 0 Å². The molecule has 1 rings (SSSR count). The van der Waals surface area contributed by atoms with E-state index < -0.39 is 5.97 Å². The van der Waals surface area contributed by atoms with Crippen LogP contribution in [-0.4, -0.2) is 25.0 Å². The second-order valence-corrected chi connectivity index (χ2v) is 3.57. The maximum atomic E-state index is 11.7. The Morgan fingerprint density at radius 2 is 2.12 bits per heavy atom. The van der Waals surface area contributed by atoms with E-state index in [1.165, 1.54) is 0 Å². The number of anilines is 1. The number of nitrogens with two attached hydrogens (primary N) is 1. The van der Waals surface area contributed by atoms with Crippen molar-refractivity contribution in [1.82, 2.24) is 5.32 Å². The number of esters is 1. The Labute approximate surface area is 99.9 Å². The lowest BCUT2D eigenvalue weighted by molar-refractivity contribution is -0.124. The average Bonchev–Trinajstić information content (AvgIpc) is 2.26. The fourth-order valence-corrected chi connectivity index (χ4v) is 1.42. The van der Waals surface area contributed by atoms with E-state index in [2.05, 4.69) is 5.32 Å². The predicted octanol–water partition coefficient (Wildman–Crippen LogP) is 0.870. The highest BCUT2D eigenvalue weighted by atomic mass is 16.5. The Kier molecular flexibility index (Phi) is 4.51. The first-order valence-electron chi connectivity index (χ1n) is 5.35. The Morgan fingerprint density at radius 3 is 2.71 bits per heavy atom. The van der Waals surface area contributed by atoms with Crippen molar-refractivity contribution in [1.29, 1.82) is 0 Å². The number of hydrogen-bond donors (Lipinski definition) is 2. The van der Waals surface area contributed by atoms with E-state index in [-0.39, 0.29) is 12.5 Å². The van der Waals surface area contributed by atoms with E-state index in [0.717, 1.165) is 5.56 Å². The predicted molar refractivity (Wildman–Crippen MR) is 64.6 cm³/mol. The summed E-state index contributed by atoms with van der Waals surface area (Å²) in [6.07, 6.45) is 0. The molecule has 0 radical (unpaired) electrons. The van der Waals surface area contributed by atoms with Crippen molar-refractivity contribution in [2.75, 3.05) is 18.9 Å². The molecule has 0 saturated carbocycles. The third-order valence-corrected chi connectivity index (χ3v) is 2.22. The van der Waals surface area contributed by atoms with Gasteiger partial charge in [0, 0.05) is 12.2 Å². The van der Waals surface area contributed by atoms with Crippen molar-refractivity contribution in [2.45, 2.75) is 13.8 Å². The third kappa shape index (κ3) is 3.48. The van der Waals surface area contributed by atoms with Crippen LogP contribution in [0.25, 0.3) is 0 Å². The average molecular weight is 236 g/mol. The smallest absolute Gasteiger partial charge is 0.341 e. The van der Waals surface area contributed by atoms with Crippen molar-refractivity contribution in [3.05, 3.63) is 29.3 Å². The molecule has 0 aliphatic heterocycles. The monoisotopic (exact) mass is 236 g/mol. The van der Waals surface area contributed by atoms with Gasteiger partial charge in [-0.05, 0) is 25.5 Å². The molecule has 0 heterocycles. The summed E-state index contributed by atoms with van der Waals surface area (Å²) in [6, 6.07) is 5.14. The number of benzene rings is 1. The summed E-state index contributed by atoms with van der Waals surface area (Å²) in [5, 5.41) is 2.53. The number of carbonyl (C=O) groups excluding carboxylic acids is 2. The Balaban J connectivity index is 2.68. The molecular weight excluding hydrogens is 220 g/mol. The van der Waals surface area contributed by atoms with Crippen molar-refractivity contribution in [3.63, 3.8) is 0 Å². The number of hydrogen-bond acceptors (Lipinski definition) is 4. The first-order valence-corrected chi connectivity index (χ1v) is 5.35. The second kappa shape index (κ2) is 5.89. The van der Waals surface area contributed by atoms with Crippen LogP contribution in [0.15, 0.2) is 18.2 Å². The Bertz CT molecular complexity index is 410. The largest absolute Gasteiger partial charge is 0.452 e. The van der Waals surface area contributed by atoms with Crippen LogP contribution in [0.3, 0.4) is 0 Å². The number of nitrogens with one attached hydrogen (secondary N) is 1. The summed E-state index contributed by atoms with van der Waals surface area (Å²) in [4.78, 5) is 22.8. The SMILES string of the molecule is CCNC(=O)COC(=O)c1c(C)cccc1N. The van der Waals surface area contributed by atoms with Crippen molar-refractivity contribution >= 4 is 17.6 Å². The van der Waals surface area contributed by atoms with Crippen molar-refractivity contribution < 1.29 is 14.3 Å². The molecule has 92 valence electrons. The summed E-state index contributed by atoms with van der Waals surface area (Å²) in [5.74, 6) is -0.903. The second-order valence-electron chi connectivity index (χ2n) is 3.57. The Morgan fingerprint density at radius 1 is 1.41 bits per heavy atom. The quantitative estimate of drug-likeness (QED) is 0.600. The lowest BCUT2D eigenvalue weighted by Gasteiger charge is -2.09. The van der Waals surface area contributed by atoms with Gasteiger partial charge in [0.15, 0.2) is 6.61 Å². The van der Waals surface area contributed by atoms with Gasteiger partial charge in [-0.25, -0.2) is 4.79 Å². The van der Waals surface area contributed by atoms with Gasteiger partial charge in [-0.2, -0.15) is 0 Å². The third-order valence-electron chi connectivity index (χ3n) is 2.22. The molecule has 1 aromatic carbocycles. The van der Waals surface area contributed by atoms with Gasteiger partial charge in [-0.15, -0.1) is 0 Å². The van der Waals surface area contributed by atoms with Gasteiger partial charge in [0.25, 0.3) is 5.91 Å². The summed E-state index contributed by atoms with van der Waals surface area (Å²) in [5.41, 5.74) is 7.08. The molecule has 0 bridgehead atoms. The molecule has 0 spiro atoms. The molecule has 0 fully saturated rings. The van der Waals surface area contributed by atoms with E-state index in [4.69, 9.17) is 10.5 Å². The van der Waals surface area contributed by atoms with Crippen LogP contribution in [0.1, 0.15) is 22.8 Å². The van der Waals surface area contributed by atoms with E-state index in [1.807, 2.05) is 0 Å². The molecule has 1 amide bonds. The van der Waals surface area contributed by atoms with Crippen molar-refractivity contribution in [3.8, 4) is 0 Å². The number of likely N-dealkylation sites (N-methyl/N-ethyl adjacent to an activating group) is 1. The fourth-order valence-electron chi connectivity index (χ4n) is 1.42. The highest BCUT2D eigenvalue weighted by Gasteiger charge is 2.15. The van der Waals surface area contributed by atoms with Crippen LogP contribution in [0, 0.1) is 6.92 Å². The maximum Gasteiger partial charge on any atom is 0.341 e. The number of amides is 1. The van der Waals surface area contributed by atoms with E-state index in [0.29, 0.717) is 17.8 Å². The summed E-state index contributed by atoms with van der Waals surface area (Å²) in [6.45, 7) is 3.77. The van der Waals surface area contributed by atoms with Gasteiger partial charge in [-0.1, -0.05) is 12.1 Å². The molecule has 0 unspecified atom stereocenters. The summed E-state index contributed by atoms with van der Waals surface area (Å²) < 4.78 is 4.87. The first kappa shape index (κ1) is 13.0. The van der Waals surface area contributed by atoms with Gasteiger partial charge in [0.05, 0.1) is 5.56 Å². The van der Waals surface area contributed by atoms with Gasteiger partial charge in [-0.3, -0.25) is 4.79 Å². The van der Waals surface area contributed by atoms with Crippen molar-refractivity contribution in [2.24, 2.45) is 0 Å². The minimum Gasteiger partial charge on any atom is -0.452 e. The molecule has 0 aliphatic rings. The van der Waals surface area contributed by atoms with Crippen LogP contribution < -0.4 is 11.1 Å². The lowest BCUT2D eigenvalue weighted by atomic mass is 10.1. The number of ether oxygens (including phenoxy) is 1. The molecule has 0 saturated heterocycles. The molecule has 0 aromatic heterocycles. The molecule has 5 heteroatoms. The maximum absolute atomic E-state index is 11.7. The van der Waals surface area contributed by atoms with Gasteiger partial charge >= 0.3 is 5.97 Å². The number of aryl methyl sites for hydroxylation is 1. The normalized spacial score (nSPS) is 9.76. The minimum absolute atomic E-state index is 0.291. The zero-order valence-corrected chi connectivity index (χ0v) is 9.95. The zero-order valence-electron chi connectivity index (χ0n) is 9.95. The van der Waals surface area contributed by atoms with E-state index in [9.17, 15) is 9.59 Å². The number of nitrogen functional groups attached to an aromatic ring is 1. The van der Waals surface area contributed by atoms with Crippen LogP contribution in [-0.2, 0) is 9.53 Å². The first-order chi connectivity index (χ1) is 8.06. The molecule has 0 atom stereocenters.